The zero-order valence-corrected chi connectivity index (χ0v) is 7.30. The van der Waals surface area contributed by atoms with Crippen LogP contribution in [0.15, 0.2) is 29.2 Å². The second-order valence-electron chi connectivity index (χ2n) is 2.26. The molecule has 3 nitrogen and oxygen atoms in total. The molecule has 0 bridgehead atoms. The van der Waals surface area contributed by atoms with Crippen molar-refractivity contribution in [2.75, 3.05) is 0 Å². The van der Waals surface area contributed by atoms with Crippen LogP contribution in [0.4, 0.5) is 0 Å². The molecule has 0 aliphatic rings. The van der Waals surface area contributed by atoms with Crippen molar-refractivity contribution < 1.29 is 4.21 Å². The summed E-state index contributed by atoms with van der Waals surface area (Å²) >= 11 is 0. The van der Waals surface area contributed by atoms with Crippen molar-refractivity contribution in [1.82, 2.24) is 0 Å². The molecular weight excluding hydrogens is 172 g/mol. The highest BCUT2D eigenvalue weighted by Gasteiger charge is 1.98. The van der Waals surface area contributed by atoms with E-state index in [0.717, 1.165) is 11.1 Å². The maximum atomic E-state index is 11.0. The molecule has 0 radical (unpaired) electrons. The molecule has 1 unspecified atom stereocenters. The average Bonchev–Trinajstić information content (AvgIpc) is 2.17. The van der Waals surface area contributed by atoms with Crippen LogP contribution in [-0.2, 0) is 17.3 Å². The lowest BCUT2D eigenvalue weighted by molar-refractivity contribution is 0.690. The third-order valence-corrected chi connectivity index (χ3v) is 2.45. The van der Waals surface area contributed by atoms with Gasteiger partial charge in [0.05, 0.1) is 16.3 Å². The monoisotopic (exact) mass is 182 g/mol. The van der Waals surface area contributed by atoms with Crippen molar-refractivity contribution >= 4 is 16.3 Å². The normalized spacial score (nSPS) is 12.4. The molecule has 0 aliphatic carbocycles. The van der Waals surface area contributed by atoms with Crippen LogP contribution in [-0.4, -0.2) is 9.76 Å². The quantitative estimate of drug-likeness (QED) is 0.537. The predicted octanol–water partition coefficient (Wildman–Crippen LogP) is 0.860. The number of nitrogens with one attached hydrogen (secondary N) is 1. The smallest absolute Gasteiger partial charge is 0.0954 e. The van der Waals surface area contributed by atoms with E-state index in [1.165, 1.54) is 0 Å². The maximum absolute atomic E-state index is 11.0. The minimum absolute atomic E-state index is 0.484. The van der Waals surface area contributed by atoms with Gasteiger partial charge in [-0.1, -0.05) is 12.1 Å². The second kappa shape index (κ2) is 4.13. The third-order valence-electron chi connectivity index (χ3n) is 1.50. The Morgan fingerprint density at radius 1 is 1.42 bits per heavy atom. The minimum atomic E-state index is -1.30. The van der Waals surface area contributed by atoms with Gasteiger partial charge in [0.1, 0.15) is 0 Å². The van der Waals surface area contributed by atoms with Gasteiger partial charge < -0.3 is 5.73 Å². The molecule has 1 aromatic carbocycles. The lowest BCUT2D eigenvalue weighted by Gasteiger charge is -1.97. The minimum Gasteiger partial charge on any atom is -0.326 e. The first-order chi connectivity index (χ1) is 5.77. The van der Waals surface area contributed by atoms with E-state index >= 15 is 0 Å². The summed E-state index contributed by atoms with van der Waals surface area (Å²) in [5.41, 5.74) is 7.30. The SMILES string of the molecule is N=CS(=O)c1ccc(CN)cc1. The van der Waals surface area contributed by atoms with E-state index in [2.05, 4.69) is 0 Å². The Morgan fingerprint density at radius 3 is 2.42 bits per heavy atom. The third kappa shape index (κ3) is 1.99. The summed E-state index contributed by atoms with van der Waals surface area (Å²) in [6.07, 6.45) is 0. The van der Waals surface area contributed by atoms with Crippen molar-refractivity contribution in [1.29, 1.82) is 5.41 Å². The first-order valence-electron chi connectivity index (χ1n) is 3.48. The molecule has 12 heavy (non-hydrogen) atoms. The van der Waals surface area contributed by atoms with Crippen LogP contribution in [0, 0.1) is 5.41 Å². The van der Waals surface area contributed by atoms with Crippen LogP contribution in [0.5, 0.6) is 0 Å². The molecule has 1 atom stereocenters. The van der Waals surface area contributed by atoms with E-state index in [4.69, 9.17) is 11.1 Å². The van der Waals surface area contributed by atoms with E-state index in [0.29, 0.717) is 11.4 Å². The van der Waals surface area contributed by atoms with E-state index < -0.39 is 10.8 Å². The highest BCUT2D eigenvalue weighted by molar-refractivity contribution is 7.98. The predicted molar refractivity (Wildman–Crippen MR) is 49.5 cm³/mol. The van der Waals surface area contributed by atoms with Crippen LogP contribution >= 0.6 is 0 Å². The van der Waals surface area contributed by atoms with Crippen LogP contribution < -0.4 is 5.73 Å². The molecule has 0 fully saturated rings. The standard InChI is InChI=1S/C8H10N2OS/c9-5-7-1-3-8(4-2-7)12(11)6-10/h1-4,6,10H,5,9H2. The van der Waals surface area contributed by atoms with Gasteiger partial charge in [-0.25, -0.2) is 4.21 Å². The molecule has 1 rings (SSSR count). The summed E-state index contributed by atoms with van der Waals surface area (Å²) in [7, 11) is -1.30. The van der Waals surface area contributed by atoms with Crippen LogP contribution in [0.25, 0.3) is 0 Å². The van der Waals surface area contributed by atoms with Crippen LogP contribution in [0.1, 0.15) is 5.56 Å². The van der Waals surface area contributed by atoms with Crippen molar-refractivity contribution in [2.24, 2.45) is 5.73 Å². The first-order valence-corrected chi connectivity index (χ1v) is 4.69. The lowest BCUT2D eigenvalue weighted by Crippen LogP contribution is -1.97. The zero-order valence-electron chi connectivity index (χ0n) is 6.49. The van der Waals surface area contributed by atoms with E-state index in [9.17, 15) is 4.21 Å². The van der Waals surface area contributed by atoms with Gasteiger partial charge in [0.15, 0.2) is 0 Å². The molecule has 0 spiro atoms. The summed E-state index contributed by atoms with van der Waals surface area (Å²) in [5, 5.41) is 6.79. The van der Waals surface area contributed by atoms with Gasteiger partial charge in [0, 0.05) is 11.4 Å². The topological polar surface area (TPSA) is 66.9 Å². The summed E-state index contributed by atoms with van der Waals surface area (Å²) in [5.74, 6) is 0. The number of rotatable bonds is 3. The summed E-state index contributed by atoms with van der Waals surface area (Å²) in [6, 6.07) is 7.08. The Balaban J connectivity index is 2.91. The van der Waals surface area contributed by atoms with Gasteiger partial charge >= 0.3 is 0 Å². The summed E-state index contributed by atoms with van der Waals surface area (Å²) in [4.78, 5) is 0.641. The average molecular weight is 182 g/mol. The van der Waals surface area contributed by atoms with Crippen LogP contribution in [0.2, 0.25) is 0 Å². The molecule has 0 heterocycles. The summed E-state index contributed by atoms with van der Waals surface area (Å²) < 4.78 is 11.0. The van der Waals surface area contributed by atoms with Gasteiger partial charge in [-0.15, -0.1) is 0 Å². The number of benzene rings is 1. The van der Waals surface area contributed by atoms with Crippen LogP contribution in [0.3, 0.4) is 0 Å². The Kier molecular flexibility index (Phi) is 3.13. The number of hydrogen-bond donors (Lipinski definition) is 2. The van der Waals surface area contributed by atoms with Crippen molar-refractivity contribution in [3.63, 3.8) is 0 Å². The molecule has 0 aliphatic heterocycles. The van der Waals surface area contributed by atoms with Gasteiger partial charge in [-0.2, -0.15) is 0 Å². The van der Waals surface area contributed by atoms with Gasteiger partial charge in [-0.3, -0.25) is 5.41 Å². The molecular formula is C8H10N2OS. The highest BCUT2D eigenvalue weighted by atomic mass is 32.2. The van der Waals surface area contributed by atoms with Crippen molar-refractivity contribution in [2.45, 2.75) is 11.4 Å². The second-order valence-corrected chi connectivity index (χ2v) is 3.57. The highest BCUT2D eigenvalue weighted by Crippen LogP contribution is 2.06. The molecule has 64 valence electrons. The molecule has 0 amide bonds. The Labute approximate surface area is 73.6 Å². The Bertz CT molecular complexity index is 294. The lowest BCUT2D eigenvalue weighted by atomic mass is 10.2. The van der Waals surface area contributed by atoms with Gasteiger partial charge in [0.2, 0.25) is 0 Å². The number of nitrogens with two attached hydrogens (primary N) is 1. The fourth-order valence-electron chi connectivity index (χ4n) is 0.828. The Hall–Kier alpha value is -1.00. The maximum Gasteiger partial charge on any atom is 0.0954 e. The zero-order chi connectivity index (χ0) is 8.97. The molecule has 3 N–H and O–H groups in total. The van der Waals surface area contributed by atoms with Crippen molar-refractivity contribution in [3.8, 4) is 0 Å². The van der Waals surface area contributed by atoms with Gasteiger partial charge in [0.25, 0.3) is 0 Å². The van der Waals surface area contributed by atoms with Gasteiger partial charge in [-0.05, 0) is 17.7 Å². The summed E-state index contributed by atoms with van der Waals surface area (Å²) in [6.45, 7) is 0.484. The molecule has 4 heteroatoms. The molecule has 0 aromatic heterocycles. The fraction of sp³-hybridized carbons (Fsp3) is 0.125. The molecule has 0 saturated carbocycles. The molecule has 1 aromatic rings. The Morgan fingerprint density at radius 2 is 2.00 bits per heavy atom. The van der Waals surface area contributed by atoms with E-state index in [-0.39, 0.29) is 0 Å². The fourth-order valence-corrected chi connectivity index (χ4v) is 1.37. The number of hydrogen-bond acceptors (Lipinski definition) is 3. The van der Waals surface area contributed by atoms with E-state index in [1.807, 2.05) is 12.1 Å². The first kappa shape index (κ1) is 9.09. The largest absolute Gasteiger partial charge is 0.326 e. The molecule has 0 saturated heterocycles. The van der Waals surface area contributed by atoms with Crippen molar-refractivity contribution in [3.05, 3.63) is 29.8 Å². The van der Waals surface area contributed by atoms with E-state index in [1.54, 1.807) is 12.1 Å².